The Morgan fingerprint density at radius 2 is 2.00 bits per heavy atom. The Bertz CT molecular complexity index is 553. The largest absolute Gasteiger partial charge is 0.452 e. The van der Waals surface area contributed by atoms with E-state index in [0.29, 0.717) is 6.07 Å². The molecule has 0 saturated carbocycles. The Morgan fingerprint density at radius 1 is 1.39 bits per heavy atom. The maximum Gasteiger partial charge on any atom is 0.422 e. The van der Waals surface area contributed by atoms with Crippen LogP contribution in [0.25, 0.3) is 0 Å². The number of hydrogen-bond acceptors (Lipinski definition) is 5. The molecule has 0 aliphatic carbocycles. The number of carbonyl (C=O) groups is 1. The van der Waals surface area contributed by atoms with E-state index in [1.165, 1.54) is 4.72 Å². The maximum absolute atomic E-state index is 13.3. The Kier molecular flexibility index (Phi) is 3.91. The van der Waals surface area contributed by atoms with Crippen LogP contribution in [-0.2, 0) is 14.9 Å². The number of ether oxygens (including phenoxy) is 1. The first kappa shape index (κ1) is 14.0. The van der Waals surface area contributed by atoms with Crippen LogP contribution in [0.3, 0.4) is 0 Å². The molecular weight excluding hydrogens is 272 g/mol. The van der Waals surface area contributed by atoms with E-state index in [4.69, 9.17) is 5.73 Å². The minimum absolute atomic E-state index is 0.437. The summed E-state index contributed by atoms with van der Waals surface area (Å²) in [7, 11) is -3.48. The second-order valence-electron chi connectivity index (χ2n) is 3.05. The van der Waals surface area contributed by atoms with Crippen LogP contribution in [0.15, 0.2) is 12.1 Å². The van der Waals surface area contributed by atoms with Crippen LogP contribution in [0.5, 0.6) is 0 Å². The molecule has 0 unspecified atom stereocenters. The van der Waals surface area contributed by atoms with E-state index in [1.54, 1.807) is 4.72 Å². The highest BCUT2D eigenvalue weighted by molar-refractivity contribution is 7.91. The van der Waals surface area contributed by atoms with Gasteiger partial charge in [0, 0.05) is 6.07 Å². The number of rotatable bonds is 3. The van der Waals surface area contributed by atoms with Gasteiger partial charge in [0.15, 0.2) is 5.82 Å². The minimum atomic E-state index is -4.42. The molecule has 18 heavy (non-hydrogen) atoms. The summed E-state index contributed by atoms with van der Waals surface area (Å²) in [5.41, 5.74) is 4.10. The first-order valence-electron chi connectivity index (χ1n) is 4.38. The summed E-state index contributed by atoms with van der Waals surface area (Å²) in [4.78, 5) is 10.7. The van der Waals surface area contributed by atoms with Crippen LogP contribution >= 0.6 is 0 Å². The molecule has 1 aromatic carbocycles. The van der Waals surface area contributed by atoms with Crippen molar-refractivity contribution in [3.05, 3.63) is 23.8 Å². The van der Waals surface area contributed by atoms with Crippen LogP contribution < -0.4 is 15.2 Å². The maximum atomic E-state index is 13.3. The van der Waals surface area contributed by atoms with Crippen molar-refractivity contribution in [1.82, 2.24) is 4.72 Å². The van der Waals surface area contributed by atoms with Gasteiger partial charge in [-0.05, 0) is 6.07 Å². The number of halogens is 2. The average molecular weight is 281 g/mol. The number of hydrogen-bond donors (Lipinski definition) is 3. The molecule has 100 valence electrons. The number of nitrogens with one attached hydrogen (secondary N) is 2. The van der Waals surface area contributed by atoms with Gasteiger partial charge in [-0.3, -0.25) is 4.72 Å². The summed E-state index contributed by atoms with van der Waals surface area (Å²) < 4.78 is 55.7. The summed E-state index contributed by atoms with van der Waals surface area (Å²) in [6.07, 6.45) is -1.27. The van der Waals surface area contributed by atoms with Crippen LogP contribution in [0.4, 0.5) is 25.0 Å². The summed E-state index contributed by atoms with van der Waals surface area (Å²) >= 11 is 0. The summed E-state index contributed by atoms with van der Waals surface area (Å²) in [6.45, 7) is 0. The zero-order valence-corrected chi connectivity index (χ0v) is 9.85. The zero-order chi connectivity index (χ0) is 13.9. The fraction of sp³-hybridized carbons (Fsp3) is 0.125. The first-order valence-corrected chi connectivity index (χ1v) is 5.86. The molecule has 0 heterocycles. The lowest BCUT2D eigenvalue weighted by atomic mass is 10.2. The zero-order valence-electron chi connectivity index (χ0n) is 9.03. The molecule has 10 heteroatoms. The topological polar surface area (TPSA) is 111 Å². The van der Waals surface area contributed by atoms with Crippen molar-refractivity contribution in [2.24, 2.45) is 0 Å². The van der Waals surface area contributed by atoms with E-state index >= 15 is 0 Å². The third kappa shape index (κ3) is 3.45. The van der Waals surface area contributed by atoms with Crippen molar-refractivity contribution in [2.75, 3.05) is 17.6 Å². The molecule has 0 atom stereocenters. The van der Waals surface area contributed by atoms with Gasteiger partial charge in [0.05, 0.1) is 12.8 Å². The van der Waals surface area contributed by atoms with E-state index in [1.807, 2.05) is 0 Å². The van der Waals surface area contributed by atoms with E-state index in [-0.39, 0.29) is 0 Å². The molecule has 0 aliphatic heterocycles. The molecule has 0 bridgehead atoms. The van der Waals surface area contributed by atoms with E-state index in [9.17, 15) is 22.0 Å². The van der Waals surface area contributed by atoms with Crippen LogP contribution in [-0.4, -0.2) is 21.6 Å². The van der Waals surface area contributed by atoms with Crippen molar-refractivity contribution >= 4 is 27.7 Å². The normalized spacial score (nSPS) is 10.8. The van der Waals surface area contributed by atoms with Gasteiger partial charge < -0.3 is 10.5 Å². The number of nitrogen functional groups attached to an aromatic ring is 1. The van der Waals surface area contributed by atoms with Gasteiger partial charge in [-0.15, -0.1) is 0 Å². The first-order chi connectivity index (χ1) is 8.25. The van der Waals surface area contributed by atoms with Crippen molar-refractivity contribution < 1.29 is 26.7 Å². The molecule has 0 saturated heterocycles. The Morgan fingerprint density at radius 3 is 2.50 bits per heavy atom. The lowest BCUT2D eigenvalue weighted by molar-refractivity contribution is 0.177. The molecule has 1 rings (SSSR count). The summed E-state index contributed by atoms with van der Waals surface area (Å²) in [5, 5.41) is 0. The van der Waals surface area contributed by atoms with Crippen LogP contribution in [0.2, 0.25) is 0 Å². The minimum Gasteiger partial charge on any atom is -0.452 e. The Hall–Kier alpha value is -2.10. The molecule has 0 aromatic heterocycles. The standard InChI is InChI=1S/C8H9F2N3O4S/c1-17-8(14)13-18(15,16)12-7-5(10)2-4(9)3-6(7)11/h2-3,12H,11H2,1H3,(H,13,14). The average Bonchev–Trinajstić information content (AvgIpc) is 2.22. The molecule has 7 nitrogen and oxygen atoms in total. The molecule has 0 spiro atoms. The predicted octanol–water partition coefficient (Wildman–Crippen LogP) is 0.560. The molecular formula is C8H9F2N3O4S. The second kappa shape index (κ2) is 5.04. The van der Waals surface area contributed by atoms with Gasteiger partial charge >= 0.3 is 16.3 Å². The highest BCUT2D eigenvalue weighted by Gasteiger charge is 2.19. The van der Waals surface area contributed by atoms with Crippen molar-refractivity contribution in [3.63, 3.8) is 0 Å². The summed E-state index contributed by atoms with van der Waals surface area (Å²) in [5.74, 6) is -2.18. The molecule has 4 N–H and O–H groups in total. The number of benzene rings is 1. The SMILES string of the molecule is COC(=O)NS(=O)(=O)Nc1c(N)cc(F)cc1F. The Balaban J connectivity index is 3.01. The van der Waals surface area contributed by atoms with Gasteiger partial charge in [0.25, 0.3) is 0 Å². The quantitative estimate of drug-likeness (QED) is 0.701. The molecule has 0 fully saturated rings. The number of anilines is 2. The van der Waals surface area contributed by atoms with Crippen LogP contribution in [0.1, 0.15) is 0 Å². The van der Waals surface area contributed by atoms with Crippen molar-refractivity contribution in [3.8, 4) is 0 Å². The van der Waals surface area contributed by atoms with Crippen molar-refractivity contribution in [2.45, 2.75) is 0 Å². The lowest BCUT2D eigenvalue weighted by Gasteiger charge is -2.11. The van der Waals surface area contributed by atoms with Gasteiger partial charge in [-0.1, -0.05) is 0 Å². The fourth-order valence-corrected chi connectivity index (χ4v) is 1.85. The number of nitrogens with two attached hydrogens (primary N) is 1. The Labute approximate surface area is 101 Å². The number of methoxy groups -OCH3 is 1. The number of carbonyl (C=O) groups excluding carboxylic acids is 1. The highest BCUT2D eigenvalue weighted by atomic mass is 32.2. The number of amides is 1. The third-order valence-corrected chi connectivity index (χ3v) is 2.63. The lowest BCUT2D eigenvalue weighted by Crippen LogP contribution is -2.35. The van der Waals surface area contributed by atoms with Gasteiger partial charge in [-0.25, -0.2) is 18.3 Å². The smallest absolute Gasteiger partial charge is 0.422 e. The fourth-order valence-electron chi connectivity index (χ4n) is 1.01. The van der Waals surface area contributed by atoms with Gasteiger partial charge in [0.1, 0.15) is 11.5 Å². The van der Waals surface area contributed by atoms with E-state index in [0.717, 1.165) is 13.2 Å². The van der Waals surface area contributed by atoms with Gasteiger partial charge in [-0.2, -0.15) is 8.42 Å². The second-order valence-corrected chi connectivity index (χ2v) is 4.47. The van der Waals surface area contributed by atoms with E-state index < -0.39 is 39.3 Å². The van der Waals surface area contributed by atoms with Crippen LogP contribution in [0, 0.1) is 11.6 Å². The summed E-state index contributed by atoms with van der Waals surface area (Å²) in [6, 6.07) is 1.16. The molecule has 1 amide bonds. The highest BCUT2D eigenvalue weighted by Crippen LogP contribution is 2.24. The predicted molar refractivity (Wildman–Crippen MR) is 58.9 cm³/mol. The monoisotopic (exact) mass is 281 g/mol. The van der Waals surface area contributed by atoms with Gasteiger partial charge in [0.2, 0.25) is 0 Å². The molecule has 1 aromatic rings. The third-order valence-electron chi connectivity index (χ3n) is 1.73. The van der Waals surface area contributed by atoms with Crippen molar-refractivity contribution in [1.29, 1.82) is 0 Å². The molecule has 0 aliphatic rings. The molecule has 0 radical (unpaired) electrons. The van der Waals surface area contributed by atoms with E-state index in [2.05, 4.69) is 4.74 Å².